The first kappa shape index (κ1) is 18.4. The molecule has 3 aromatic rings. The quantitative estimate of drug-likeness (QED) is 0.623. The molecule has 1 aromatic heterocycles. The van der Waals surface area contributed by atoms with Crippen LogP contribution in [-0.4, -0.2) is 21.4 Å². The number of carbonyl (C=O) groups is 1. The molecule has 26 heavy (non-hydrogen) atoms. The fraction of sp³-hybridized carbons (Fsp3) is 0.167. The van der Waals surface area contributed by atoms with Gasteiger partial charge in [-0.1, -0.05) is 29.4 Å². The Kier molecular flexibility index (Phi) is 5.58. The molecular weight excluding hydrogens is 377 g/mol. The summed E-state index contributed by atoms with van der Waals surface area (Å²) < 4.78 is 18.5. The summed E-state index contributed by atoms with van der Waals surface area (Å²) in [5.41, 5.74) is 2.07. The van der Waals surface area contributed by atoms with Crippen LogP contribution >= 0.6 is 23.4 Å². The smallest absolute Gasteiger partial charge is 0.277 e. The molecule has 0 aliphatic rings. The maximum atomic E-state index is 13.0. The molecule has 8 heteroatoms. The number of anilines is 1. The Balaban J connectivity index is 1.66. The molecule has 0 unspecified atom stereocenters. The number of benzene rings is 2. The van der Waals surface area contributed by atoms with E-state index in [0.29, 0.717) is 16.3 Å². The van der Waals surface area contributed by atoms with Gasteiger partial charge < -0.3 is 9.73 Å². The van der Waals surface area contributed by atoms with E-state index in [9.17, 15) is 9.18 Å². The second-order valence-electron chi connectivity index (χ2n) is 5.54. The molecule has 3 rings (SSSR count). The predicted molar refractivity (Wildman–Crippen MR) is 99.8 cm³/mol. The van der Waals surface area contributed by atoms with E-state index in [4.69, 9.17) is 16.0 Å². The van der Waals surface area contributed by atoms with Crippen LogP contribution < -0.4 is 5.32 Å². The summed E-state index contributed by atoms with van der Waals surface area (Å²) in [4.78, 5) is 12.4. The molecule has 5 nitrogen and oxygen atoms in total. The Morgan fingerprint density at radius 1 is 1.23 bits per heavy atom. The molecule has 2 aromatic carbocycles. The highest BCUT2D eigenvalue weighted by Crippen LogP contribution is 2.28. The van der Waals surface area contributed by atoms with Gasteiger partial charge in [0.1, 0.15) is 5.82 Å². The largest absolute Gasteiger partial charge is 0.411 e. The number of aromatic nitrogens is 2. The minimum Gasteiger partial charge on any atom is -0.411 e. The lowest BCUT2D eigenvalue weighted by molar-refractivity contribution is -0.115. The van der Waals surface area contributed by atoms with Crippen molar-refractivity contribution in [3.63, 3.8) is 0 Å². The van der Waals surface area contributed by atoms with Gasteiger partial charge in [0.2, 0.25) is 11.8 Å². The van der Waals surface area contributed by atoms with Gasteiger partial charge in [-0.25, -0.2) is 4.39 Å². The third-order valence-corrected chi connectivity index (χ3v) is 5.01. The minimum absolute atomic E-state index is 0.207. The predicted octanol–water partition coefficient (Wildman–Crippen LogP) is 4.96. The maximum absolute atomic E-state index is 13.0. The van der Waals surface area contributed by atoms with Gasteiger partial charge in [-0.3, -0.25) is 4.79 Å². The topological polar surface area (TPSA) is 68.0 Å². The number of rotatable bonds is 5. The SMILES string of the molecule is Cc1c(Cl)cccc1NC(=O)[C@H](C)Sc1nnc(-c2ccc(F)cc2)o1. The summed E-state index contributed by atoms with van der Waals surface area (Å²) in [7, 11) is 0. The molecule has 1 heterocycles. The molecule has 134 valence electrons. The Hall–Kier alpha value is -2.38. The summed E-state index contributed by atoms with van der Waals surface area (Å²) in [6.45, 7) is 3.57. The number of carbonyl (C=O) groups excluding carboxylic acids is 1. The van der Waals surface area contributed by atoms with Gasteiger partial charge in [-0.2, -0.15) is 0 Å². The summed E-state index contributed by atoms with van der Waals surface area (Å²) >= 11 is 7.20. The van der Waals surface area contributed by atoms with Crippen LogP contribution in [0.4, 0.5) is 10.1 Å². The Labute approximate surface area is 159 Å². The Morgan fingerprint density at radius 3 is 2.69 bits per heavy atom. The number of hydrogen-bond donors (Lipinski definition) is 1. The van der Waals surface area contributed by atoms with Crippen LogP contribution in [-0.2, 0) is 4.79 Å². The Morgan fingerprint density at radius 2 is 1.96 bits per heavy atom. The van der Waals surface area contributed by atoms with Crippen LogP contribution in [0.1, 0.15) is 12.5 Å². The molecule has 0 saturated heterocycles. The summed E-state index contributed by atoms with van der Waals surface area (Å²) in [6.07, 6.45) is 0. The van der Waals surface area contributed by atoms with Crippen LogP contribution in [0.5, 0.6) is 0 Å². The number of amides is 1. The van der Waals surface area contributed by atoms with Crippen molar-refractivity contribution < 1.29 is 13.6 Å². The van der Waals surface area contributed by atoms with Gasteiger partial charge in [0.25, 0.3) is 5.22 Å². The van der Waals surface area contributed by atoms with Gasteiger partial charge in [-0.15, -0.1) is 10.2 Å². The molecule has 0 saturated carbocycles. The van der Waals surface area contributed by atoms with Crippen LogP contribution in [0.15, 0.2) is 52.1 Å². The molecule has 0 spiro atoms. The van der Waals surface area contributed by atoms with Gasteiger partial charge in [-0.05, 0) is 55.8 Å². The monoisotopic (exact) mass is 391 g/mol. The highest BCUT2D eigenvalue weighted by Gasteiger charge is 2.19. The van der Waals surface area contributed by atoms with E-state index >= 15 is 0 Å². The minimum atomic E-state index is -0.463. The molecule has 1 amide bonds. The molecule has 1 atom stereocenters. The van der Waals surface area contributed by atoms with Crippen LogP contribution in [0.2, 0.25) is 5.02 Å². The first-order valence-corrected chi connectivity index (χ1v) is 9.02. The number of nitrogens with zero attached hydrogens (tertiary/aromatic N) is 2. The molecule has 0 bridgehead atoms. The van der Waals surface area contributed by atoms with Gasteiger partial charge >= 0.3 is 0 Å². The van der Waals surface area contributed by atoms with E-state index in [1.807, 2.05) is 6.92 Å². The van der Waals surface area contributed by atoms with Crippen molar-refractivity contribution in [1.29, 1.82) is 0 Å². The van der Waals surface area contributed by atoms with Gasteiger partial charge in [0.05, 0.1) is 5.25 Å². The molecule has 0 aliphatic heterocycles. The number of nitrogens with one attached hydrogen (secondary N) is 1. The molecule has 1 N–H and O–H groups in total. The number of hydrogen-bond acceptors (Lipinski definition) is 5. The molecule has 0 radical (unpaired) electrons. The molecule has 0 aliphatic carbocycles. The van der Waals surface area contributed by atoms with Gasteiger partial charge in [0, 0.05) is 16.3 Å². The Bertz CT molecular complexity index is 930. The van der Waals surface area contributed by atoms with E-state index in [0.717, 1.165) is 17.3 Å². The average Bonchev–Trinajstić information content (AvgIpc) is 3.08. The standard InChI is InChI=1S/C18H15ClFN3O2S/c1-10-14(19)4-3-5-15(10)21-16(24)11(2)26-18-23-22-17(25-18)12-6-8-13(20)9-7-12/h3-9,11H,1-2H3,(H,21,24)/t11-/m0/s1. The lowest BCUT2D eigenvalue weighted by atomic mass is 10.2. The summed E-state index contributed by atoms with van der Waals surface area (Å²) in [5.74, 6) is -0.280. The van der Waals surface area contributed by atoms with E-state index in [2.05, 4.69) is 15.5 Å². The average molecular weight is 392 g/mol. The zero-order valence-corrected chi connectivity index (χ0v) is 15.6. The van der Waals surface area contributed by atoms with Crippen molar-refractivity contribution in [2.45, 2.75) is 24.3 Å². The zero-order valence-electron chi connectivity index (χ0n) is 14.0. The van der Waals surface area contributed by atoms with Gasteiger partial charge in [0.15, 0.2) is 0 Å². The van der Waals surface area contributed by atoms with Crippen molar-refractivity contribution in [1.82, 2.24) is 10.2 Å². The van der Waals surface area contributed by atoms with Crippen LogP contribution in [0.25, 0.3) is 11.5 Å². The number of halogens is 2. The summed E-state index contributed by atoms with van der Waals surface area (Å²) in [5, 5.41) is 11.1. The second-order valence-corrected chi connectivity index (χ2v) is 7.24. The number of thioether (sulfide) groups is 1. The normalized spacial score (nSPS) is 12.0. The fourth-order valence-corrected chi connectivity index (χ4v) is 3.01. The second kappa shape index (κ2) is 7.88. The first-order chi connectivity index (χ1) is 12.4. The summed E-state index contributed by atoms with van der Waals surface area (Å²) in [6, 6.07) is 11.1. The fourth-order valence-electron chi connectivity index (χ4n) is 2.15. The van der Waals surface area contributed by atoms with Crippen molar-refractivity contribution in [3.05, 3.63) is 58.9 Å². The highest BCUT2D eigenvalue weighted by molar-refractivity contribution is 8.00. The zero-order chi connectivity index (χ0) is 18.7. The van der Waals surface area contributed by atoms with Crippen molar-refractivity contribution in [3.8, 4) is 11.5 Å². The maximum Gasteiger partial charge on any atom is 0.277 e. The first-order valence-electron chi connectivity index (χ1n) is 7.76. The van der Waals surface area contributed by atoms with E-state index < -0.39 is 5.25 Å². The third kappa shape index (κ3) is 4.23. The van der Waals surface area contributed by atoms with Crippen molar-refractivity contribution >= 4 is 35.0 Å². The van der Waals surface area contributed by atoms with Crippen molar-refractivity contribution in [2.24, 2.45) is 0 Å². The molecule has 0 fully saturated rings. The van der Waals surface area contributed by atoms with E-state index in [1.165, 1.54) is 12.1 Å². The van der Waals surface area contributed by atoms with Crippen LogP contribution in [0, 0.1) is 12.7 Å². The lowest BCUT2D eigenvalue weighted by Crippen LogP contribution is -2.22. The lowest BCUT2D eigenvalue weighted by Gasteiger charge is -2.12. The molecular formula is C18H15ClFN3O2S. The third-order valence-electron chi connectivity index (χ3n) is 3.67. The van der Waals surface area contributed by atoms with E-state index in [1.54, 1.807) is 37.3 Å². The van der Waals surface area contributed by atoms with Crippen LogP contribution in [0.3, 0.4) is 0 Å². The van der Waals surface area contributed by atoms with Crippen molar-refractivity contribution in [2.75, 3.05) is 5.32 Å². The van der Waals surface area contributed by atoms with E-state index in [-0.39, 0.29) is 22.8 Å². The highest BCUT2D eigenvalue weighted by atomic mass is 35.5.